The summed E-state index contributed by atoms with van der Waals surface area (Å²) in [5.41, 5.74) is 2.37. The molecule has 6 nitrogen and oxygen atoms in total. The lowest BCUT2D eigenvalue weighted by atomic mass is 9.98. The molecule has 4 aromatic rings. The fourth-order valence-corrected chi connectivity index (χ4v) is 5.31. The summed E-state index contributed by atoms with van der Waals surface area (Å²) in [5, 5.41) is 0.438. The van der Waals surface area contributed by atoms with Crippen LogP contribution in [0.1, 0.15) is 33.3 Å². The highest BCUT2D eigenvalue weighted by atomic mass is 79.9. The predicted molar refractivity (Wildman–Crippen MR) is 140 cm³/mol. The Morgan fingerprint density at radius 3 is 2.43 bits per heavy atom. The van der Waals surface area contributed by atoms with Gasteiger partial charge in [0, 0.05) is 15.5 Å². The molecule has 8 heteroatoms. The maximum absolute atomic E-state index is 13.7. The molecule has 0 unspecified atom stereocenters. The number of nitrogens with zero attached hydrogens (tertiary/aromatic N) is 1. The lowest BCUT2D eigenvalue weighted by Crippen LogP contribution is -2.31. The molecular formula is C27H21Br2NO5. The first-order chi connectivity index (χ1) is 16.9. The number of hydrogen-bond acceptors (Lipinski definition) is 5. The van der Waals surface area contributed by atoms with E-state index in [1.807, 2.05) is 42.5 Å². The third kappa shape index (κ3) is 4.25. The van der Waals surface area contributed by atoms with E-state index in [0.29, 0.717) is 41.0 Å². The first-order valence-corrected chi connectivity index (χ1v) is 12.5. The number of methoxy groups -OCH3 is 2. The number of carbonyl (C=O) groups excluding carboxylic acids is 1. The number of carbonyl (C=O) groups is 1. The highest BCUT2D eigenvalue weighted by Crippen LogP contribution is 2.39. The van der Waals surface area contributed by atoms with Crippen molar-refractivity contribution >= 4 is 48.7 Å². The Bertz CT molecular complexity index is 1510. The van der Waals surface area contributed by atoms with Crippen LogP contribution in [0.2, 0.25) is 0 Å². The van der Waals surface area contributed by atoms with Crippen LogP contribution in [0.5, 0.6) is 11.5 Å². The van der Waals surface area contributed by atoms with E-state index in [9.17, 15) is 9.59 Å². The van der Waals surface area contributed by atoms with Crippen molar-refractivity contribution in [2.45, 2.75) is 12.5 Å². The zero-order chi connectivity index (χ0) is 24.7. The quantitative estimate of drug-likeness (QED) is 0.267. The smallest absolute Gasteiger partial charge is 0.290 e. The molecule has 0 saturated heterocycles. The van der Waals surface area contributed by atoms with Crippen molar-refractivity contribution in [3.8, 4) is 11.5 Å². The molecule has 3 aromatic carbocycles. The zero-order valence-electron chi connectivity index (χ0n) is 19.0. The van der Waals surface area contributed by atoms with Crippen molar-refractivity contribution in [2.75, 3.05) is 20.8 Å². The van der Waals surface area contributed by atoms with E-state index in [1.165, 1.54) is 0 Å². The van der Waals surface area contributed by atoms with E-state index in [0.717, 1.165) is 20.1 Å². The van der Waals surface area contributed by atoms with Crippen LogP contribution in [0, 0.1) is 0 Å². The molecule has 0 spiro atoms. The highest BCUT2D eigenvalue weighted by molar-refractivity contribution is 9.10. The summed E-state index contributed by atoms with van der Waals surface area (Å²) in [5.74, 6) is 1.06. The zero-order valence-corrected chi connectivity index (χ0v) is 22.2. The Hall–Kier alpha value is -3.10. The average molecular weight is 599 g/mol. The normalized spacial score (nSPS) is 14.9. The van der Waals surface area contributed by atoms with E-state index >= 15 is 0 Å². The Balaban J connectivity index is 1.59. The summed E-state index contributed by atoms with van der Waals surface area (Å²) in [7, 11) is 3.18. The number of rotatable bonds is 6. The van der Waals surface area contributed by atoms with Crippen LogP contribution in [-0.4, -0.2) is 31.6 Å². The van der Waals surface area contributed by atoms with Crippen LogP contribution in [0.25, 0.3) is 11.0 Å². The summed E-state index contributed by atoms with van der Waals surface area (Å²) in [4.78, 5) is 29.0. The maximum Gasteiger partial charge on any atom is 0.290 e. The van der Waals surface area contributed by atoms with E-state index in [1.54, 1.807) is 37.3 Å². The first-order valence-electron chi connectivity index (χ1n) is 10.9. The molecule has 0 bridgehead atoms. The lowest BCUT2D eigenvalue weighted by molar-refractivity contribution is 0.0730. The minimum atomic E-state index is -0.560. The van der Waals surface area contributed by atoms with Gasteiger partial charge >= 0.3 is 0 Å². The first kappa shape index (κ1) is 23.6. The predicted octanol–water partition coefficient (Wildman–Crippen LogP) is 6.12. The summed E-state index contributed by atoms with van der Waals surface area (Å²) in [6, 6.07) is 18.0. The van der Waals surface area contributed by atoms with Crippen molar-refractivity contribution < 1.29 is 18.7 Å². The van der Waals surface area contributed by atoms with Gasteiger partial charge in [-0.25, -0.2) is 0 Å². The van der Waals surface area contributed by atoms with Crippen LogP contribution < -0.4 is 14.9 Å². The lowest BCUT2D eigenvalue weighted by Gasteiger charge is -2.25. The number of fused-ring (bicyclic) bond motifs is 2. The van der Waals surface area contributed by atoms with Gasteiger partial charge in [0.15, 0.2) is 16.9 Å². The molecule has 1 aliphatic rings. The molecule has 0 aliphatic carbocycles. The van der Waals surface area contributed by atoms with E-state index in [-0.39, 0.29) is 17.1 Å². The second-order valence-corrected chi connectivity index (χ2v) is 10.0. The van der Waals surface area contributed by atoms with Gasteiger partial charge in [0.1, 0.15) is 5.58 Å². The van der Waals surface area contributed by atoms with E-state index < -0.39 is 6.04 Å². The van der Waals surface area contributed by atoms with Crippen LogP contribution in [0.3, 0.4) is 0 Å². The number of benzene rings is 3. The standard InChI is InChI=1S/C27H21Br2NO5/c1-33-21-8-6-15(12-22(21)34-2)10-11-30-24(16-4-3-5-17(28)13-16)23-25(31)19-14-18(29)7-9-20(19)35-26(23)27(30)32/h3-9,12-14,24H,10-11H2,1-2H3/t24-/m1/s1. The number of halogens is 2. The summed E-state index contributed by atoms with van der Waals surface area (Å²) in [6.07, 6.45) is 0.559. The van der Waals surface area contributed by atoms with Crippen LogP contribution in [-0.2, 0) is 6.42 Å². The van der Waals surface area contributed by atoms with Crippen LogP contribution in [0.4, 0.5) is 0 Å². The second-order valence-electron chi connectivity index (χ2n) is 8.21. The van der Waals surface area contributed by atoms with Gasteiger partial charge in [0.2, 0.25) is 5.76 Å². The third-order valence-corrected chi connectivity index (χ3v) is 7.17. The number of amides is 1. The van der Waals surface area contributed by atoms with Crippen LogP contribution in [0.15, 0.2) is 78.8 Å². The second kappa shape index (κ2) is 9.51. The van der Waals surface area contributed by atoms with Crippen molar-refractivity contribution in [1.29, 1.82) is 0 Å². The largest absolute Gasteiger partial charge is 0.493 e. The van der Waals surface area contributed by atoms with Gasteiger partial charge < -0.3 is 18.8 Å². The van der Waals surface area contributed by atoms with Gasteiger partial charge in [-0.3, -0.25) is 9.59 Å². The third-order valence-electron chi connectivity index (χ3n) is 6.18. The van der Waals surface area contributed by atoms with Crippen molar-refractivity contribution in [3.63, 3.8) is 0 Å². The van der Waals surface area contributed by atoms with Gasteiger partial charge in [0.05, 0.1) is 31.2 Å². The van der Waals surface area contributed by atoms with Gasteiger partial charge in [-0.15, -0.1) is 0 Å². The Morgan fingerprint density at radius 2 is 1.69 bits per heavy atom. The van der Waals surface area contributed by atoms with Crippen molar-refractivity contribution in [3.05, 3.63) is 102 Å². The van der Waals surface area contributed by atoms with Gasteiger partial charge in [0.25, 0.3) is 5.91 Å². The van der Waals surface area contributed by atoms with E-state index in [2.05, 4.69) is 31.9 Å². The molecule has 1 amide bonds. The minimum Gasteiger partial charge on any atom is -0.493 e. The fourth-order valence-electron chi connectivity index (χ4n) is 4.53. The Kier molecular flexibility index (Phi) is 6.42. The average Bonchev–Trinajstić information content (AvgIpc) is 3.14. The van der Waals surface area contributed by atoms with Crippen molar-refractivity contribution in [2.24, 2.45) is 0 Å². The number of hydrogen-bond donors (Lipinski definition) is 0. The summed E-state index contributed by atoms with van der Waals surface area (Å²) in [6.45, 7) is 0.384. The maximum atomic E-state index is 13.7. The molecule has 5 rings (SSSR count). The van der Waals surface area contributed by atoms with Gasteiger partial charge in [-0.1, -0.05) is 50.1 Å². The molecule has 1 aliphatic heterocycles. The summed E-state index contributed by atoms with van der Waals surface area (Å²) < 4.78 is 18.4. The topological polar surface area (TPSA) is 69.0 Å². The molecule has 35 heavy (non-hydrogen) atoms. The summed E-state index contributed by atoms with van der Waals surface area (Å²) >= 11 is 6.95. The molecule has 0 radical (unpaired) electrons. The van der Waals surface area contributed by atoms with Crippen LogP contribution >= 0.6 is 31.9 Å². The molecule has 2 heterocycles. The van der Waals surface area contributed by atoms with Crippen molar-refractivity contribution in [1.82, 2.24) is 4.90 Å². The molecule has 0 N–H and O–H groups in total. The van der Waals surface area contributed by atoms with Gasteiger partial charge in [-0.05, 0) is 60.0 Å². The SMILES string of the molecule is COc1ccc(CCN2C(=O)c3oc4ccc(Br)cc4c(=O)c3[C@H]2c2cccc(Br)c2)cc1OC. The molecule has 1 aromatic heterocycles. The highest BCUT2D eigenvalue weighted by Gasteiger charge is 2.42. The number of ether oxygens (including phenoxy) is 2. The molecule has 0 saturated carbocycles. The monoisotopic (exact) mass is 597 g/mol. The fraction of sp³-hybridized carbons (Fsp3) is 0.185. The minimum absolute atomic E-state index is 0.0992. The van der Waals surface area contributed by atoms with Gasteiger partial charge in [-0.2, -0.15) is 0 Å². The molecule has 1 atom stereocenters. The Labute approximate surface area is 218 Å². The van der Waals surface area contributed by atoms with E-state index in [4.69, 9.17) is 13.9 Å². The molecule has 0 fully saturated rings. The molecule has 178 valence electrons. The molecular weight excluding hydrogens is 578 g/mol. The Morgan fingerprint density at radius 1 is 0.914 bits per heavy atom.